The minimum atomic E-state index is -0.217. The van der Waals surface area contributed by atoms with Gasteiger partial charge in [0.1, 0.15) is 18.2 Å². The van der Waals surface area contributed by atoms with Gasteiger partial charge in [-0.15, -0.1) is 0 Å². The minimum Gasteiger partial charge on any atom is -0.494 e. The molecule has 0 saturated carbocycles. The van der Waals surface area contributed by atoms with E-state index in [1.165, 1.54) is 18.2 Å². The van der Waals surface area contributed by atoms with Crippen LogP contribution in [0.4, 0.5) is 0 Å². The Morgan fingerprint density at radius 1 is 1.17 bits per heavy atom. The summed E-state index contributed by atoms with van der Waals surface area (Å²) in [5.41, 5.74) is 4.47. The second-order valence-corrected chi connectivity index (χ2v) is 7.28. The molecule has 6 nitrogen and oxygen atoms in total. The molecule has 2 aromatic carbocycles. The molecule has 3 aromatic rings. The van der Waals surface area contributed by atoms with Crippen molar-refractivity contribution in [3.63, 3.8) is 0 Å². The van der Waals surface area contributed by atoms with E-state index in [9.17, 15) is 4.79 Å². The monoisotopic (exact) mass is 395 g/mol. The van der Waals surface area contributed by atoms with E-state index in [2.05, 4.69) is 41.9 Å². The summed E-state index contributed by atoms with van der Waals surface area (Å²) in [7, 11) is 1.51. The topological polar surface area (TPSA) is 65.4 Å². The van der Waals surface area contributed by atoms with E-state index in [0.29, 0.717) is 6.61 Å². The van der Waals surface area contributed by atoms with Gasteiger partial charge in [-0.2, -0.15) is 0 Å². The molecular formula is C23H29N3O3. The first-order chi connectivity index (χ1) is 14.0. The van der Waals surface area contributed by atoms with Crippen LogP contribution in [0, 0.1) is 13.8 Å². The number of carbonyl (C=O) groups is 1. The zero-order chi connectivity index (χ0) is 20.8. The van der Waals surface area contributed by atoms with Crippen LogP contribution >= 0.6 is 0 Å². The molecule has 3 rings (SSSR count). The molecule has 1 atom stereocenters. The van der Waals surface area contributed by atoms with Crippen LogP contribution in [-0.4, -0.2) is 35.8 Å². The lowest BCUT2D eigenvalue weighted by molar-refractivity contribution is -0.125. The van der Waals surface area contributed by atoms with Gasteiger partial charge in [0.15, 0.2) is 0 Å². The molecule has 0 aliphatic carbocycles. The Morgan fingerprint density at radius 2 is 1.97 bits per heavy atom. The highest BCUT2D eigenvalue weighted by molar-refractivity contribution is 5.78. The van der Waals surface area contributed by atoms with E-state index < -0.39 is 0 Å². The number of imidazole rings is 1. The van der Waals surface area contributed by atoms with Crippen molar-refractivity contribution in [2.45, 2.75) is 39.8 Å². The SMILES string of the molecule is COCC(=O)NC(C)c1nc2ccccc2n1CCCOc1ccc(C)c(C)c1. The van der Waals surface area contributed by atoms with Crippen molar-refractivity contribution < 1.29 is 14.3 Å². The number of amides is 1. The quantitative estimate of drug-likeness (QED) is 0.557. The van der Waals surface area contributed by atoms with Crippen molar-refractivity contribution in [1.29, 1.82) is 0 Å². The maximum Gasteiger partial charge on any atom is 0.246 e. The molecule has 0 spiro atoms. The maximum atomic E-state index is 11.9. The van der Waals surface area contributed by atoms with E-state index in [0.717, 1.165) is 35.6 Å². The smallest absolute Gasteiger partial charge is 0.246 e. The summed E-state index contributed by atoms with van der Waals surface area (Å²) in [6.45, 7) is 7.53. The van der Waals surface area contributed by atoms with Crippen LogP contribution in [0.1, 0.15) is 36.3 Å². The fraction of sp³-hybridized carbons (Fsp3) is 0.391. The lowest BCUT2D eigenvalue weighted by atomic mass is 10.1. The zero-order valence-corrected chi connectivity index (χ0v) is 17.6. The molecule has 0 bridgehead atoms. The predicted octanol–water partition coefficient (Wildman–Crippen LogP) is 3.95. The summed E-state index contributed by atoms with van der Waals surface area (Å²) >= 11 is 0. The number of nitrogens with zero attached hydrogens (tertiary/aromatic N) is 2. The number of rotatable bonds is 9. The van der Waals surface area contributed by atoms with Gasteiger partial charge in [0.2, 0.25) is 5.91 Å². The van der Waals surface area contributed by atoms with E-state index in [1.807, 2.05) is 31.2 Å². The van der Waals surface area contributed by atoms with Crippen molar-refractivity contribution in [2.75, 3.05) is 20.3 Å². The van der Waals surface area contributed by atoms with E-state index >= 15 is 0 Å². The minimum absolute atomic E-state index is 0.0361. The van der Waals surface area contributed by atoms with Crippen LogP contribution in [0.2, 0.25) is 0 Å². The first-order valence-corrected chi connectivity index (χ1v) is 9.93. The molecule has 1 unspecified atom stereocenters. The molecule has 0 aliphatic heterocycles. The molecule has 29 heavy (non-hydrogen) atoms. The number of fused-ring (bicyclic) bond motifs is 1. The lowest BCUT2D eigenvalue weighted by Crippen LogP contribution is -2.31. The molecule has 1 N–H and O–H groups in total. The molecule has 1 aromatic heterocycles. The summed E-state index contributed by atoms with van der Waals surface area (Å²) in [4.78, 5) is 16.7. The molecule has 6 heteroatoms. The standard InChI is InChI=1S/C23H29N3O3/c1-16-10-11-19(14-17(16)2)29-13-7-12-26-21-9-6-5-8-20(21)25-23(26)18(3)24-22(27)15-28-4/h5-6,8-11,14,18H,7,12-13,15H2,1-4H3,(H,24,27). The van der Waals surface area contributed by atoms with Gasteiger partial charge in [-0.3, -0.25) is 4.79 Å². The van der Waals surface area contributed by atoms with Crippen LogP contribution in [-0.2, 0) is 16.1 Å². The van der Waals surface area contributed by atoms with Crippen LogP contribution in [0.5, 0.6) is 5.75 Å². The highest BCUT2D eigenvalue weighted by atomic mass is 16.5. The van der Waals surface area contributed by atoms with Crippen molar-refractivity contribution in [2.24, 2.45) is 0 Å². The number of carbonyl (C=O) groups excluding carboxylic acids is 1. The zero-order valence-electron chi connectivity index (χ0n) is 17.6. The Balaban J connectivity index is 1.70. The summed E-state index contributed by atoms with van der Waals surface area (Å²) in [5, 5.41) is 2.95. The molecule has 0 radical (unpaired) electrons. The molecule has 0 fully saturated rings. The van der Waals surface area contributed by atoms with Crippen molar-refractivity contribution in [3.8, 4) is 5.75 Å². The third-order valence-electron chi connectivity index (χ3n) is 5.00. The first kappa shape index (κ1) is 20.9. The number of hydrogen-bond donors (Lipinski definition) is 1. The molecular weight excluding hydrogens is 366 g/mol. The average molecular weight is 396 g/mol. The average Bonchev–Trinajstić information content (AvgIpc) is 3.07. The first-order valence-electron chi connectivity index (χ1n) is 9.93. The van der Waals surface area contributed by atoms with Gasteiger partial charge in [-0.1, -0.05) is 18.2 Å². The summed E-state index contributed by atoms with van der Waals surface area (Å²) in [6, 6.07) is 14.0. The highest BCUT2D eigenvalue weighted by Gasteiger charge is 2.18. The van der Waals surface area contributed by atoms with Crippen LogP contribution in [0.15, 0.2) is 42.5 Å². The fourth-order valence-corrected chi connectivity index (χ4v) is 3.35. The number of hydrogen-bond acceptors (Lipinski definition) is 4. The Hall–Kier alpha value is -2.86. The molecule has 0 saturated heterocycles. The van der Waals surface area contributed by atoms with Gasteiger partial charge in [0, 0.05) is 13.7 Å². The lowest BCUT2D eigenvalue weighted by Gasteiger charge is -2.16. The van der Waals surface area contributed by atoms with Gasteiger partial charge < -0.3 is 19.4 Å². The van der Waals surface area contributed by atoms with Gasteiger partial charge in [-0.25, -0.2) is 4.98 Å². The number of ether oxygens (including phenoxy) is 2. The van der Waals surface area contributed by atoms with Gasteiger partial charge in [-0.05, 0) is 62.6 Å². The number of benzene rings is 2. The van der Waals surface area contributed by atoms with E-state index in [1.54, 1.807) is 0 Å². The second kappa shape index (κ2) is 9.56. The molecule has 1 heterocycles. The molecule has 1 amide bonds. The summed E-state index contributed by atoms with van der Waals surface area (Å²) < 4.78 is 13.0. The Morgan fingerprint density at radius 3 is 2.72 bits per heavy atom. The number of para-hydroxylation sites is 2. The van der Waals surface area contributed by atoms with E-state index in [4.69, 9.17) is 14.5 Å². The fourth-order valence-electron chi connectivity index (χ4n) is 3.35. The van der Waals surface area contributed by atoms with Crippen LogP contribution in [0.3, 0.4) is 0 Å². The largest absolute Gasteiger partial charge is 0.494 e. The van der Waals surface area contributed by atoms with Crippen LogP contribution in [0.25, 0.3) is 11.0 Å². The maximum absolute atomic E-state index is 11.9. The summed E-state index contributed by atoms with van der Waals surface area (Å²) in [6.07, 6.45) is 0.832. The van der Waals surface area contributed by atoms with Crippen molar-refractivity contribution in [3.05, 3.63) is 59.4 Å². The van der Waals surface area contributed by atoms with E-state index in [-0.39, 0.29) is 18.6 Å². The van der Waals surface area contributed by atoms with Crippen LogP contribution < -0.4 is 10.1 Å². The van der Waals surface area contributed by atoms with Crippen molar-refractivity contribution >= 4 is 16.9 Å². The number of aromatic nitrogens is 2. The third-order valence-corrected chi connectivity index (χ3v) is 5.00. The molecule has 0 aliphatic rings. The van der Waals surface area contributed by atoms with Gasteiger partial charge in [0.05, 0.1) is 23.7 Å². The Kier molecular flexibility index (Phi) is 6.88. The van der Waals surface area contributed by atoms with Gasteiger partial charge in [0.25, 0.3) is 0 Å². The predicted molar refractivity (Wildman–Crippen MR) is 114 cm³/mol. The highest BCUT2D eigenvalue weighted by Crippen LogP contribution is 2.22. The molecule has 154 valence electrons. The Labute approximate surface area is 171 Å². The number of aryl methyl sites for hydroxylation is 3. The van der Waals surface area contributed by atoms with Gasteiger partial charge >= 0.3 is 0 Å². The second-order valence-electron chi connectivity index (χ2n) is 7.28. The Bertz CT molecular complexity index is 981. The third kappa shape index (κ3) is 5.15. The summed E-state index contributed by atoms with van der Waals surface area (Å²) in [5.74, 6) is 1.57. The normalized spacial score (nSPS) is 12.1. The number of methoxy groups -OCH3 is 1. The van der Waals surface area contributed by atoms with Crippen molar-refractivity contribution in [1.82, 2.24) is 14.9 Å². The number of nitrogens with one attached hydrogen (secondary N) is 1.